The van der Waals surface area contributed by atoms with Crippen LogP contribution in [0, 0.1) is 0 Å². The molecule has 0 unspecified atom stereocenters. The topological polar surface area (TPSA) is 20.2 Å². The number of halogens is 7. The Bertz CT molecular complexity index is 217. The molecule has 1 nitrogen and oxygen atoms in total. The fourth-order valence-corrected chi connectivity index (χ4v) is 0.494. The van der Waals surface area contributed by atoms with Gasteiger partial charge in [-0.05, 0) is 6.08 Å². The van der Waals surface area contributed by atoms with Gasteiger partial charge in [-0.2, -0.15) is 30.7 Å². The largest absolute Gasteiger partial charge is 0.460 e. The molecule has 0 saturated heterocycles. The molecule has 0 aliphatic rings. The first kappa shape index (κ1) is 13.2. The van der Waals surface area contributed by atoms with E-state index in [9.17, 15) is 30.7 Å². The quantitative estimate of drug-likeness (QED) is 0.578. The average molecular weight is 226 g/mol. The smallest absolute Gasteiger partial charge is 0.392 e. The SMILES string of the molecule is OC/C=C\C(F)(F)C(F)(F)C(F)(F)F. The first-order valence-corrected chi connectivity index (χ1v) is 3.17. The van der Waals surface area contributed by atoms with Crippen LogP contribution in [0.2, 0.25) is 0 Å². The van der Waals surface area contributed by atoms with Crippen molar-refractivity contribution in [1.82, 2.24) is 0 Å². The third-order valence-corrected chi connectivity index (χ3v) is 1.21. The van der Waals surface area contributed by atoms with Gasteiger partial charge in [-0.1, -0.05) is 6.08 Å². The van der Waals surface area contributed by atoms with Crippen LogP contribution >= 0.6 is 0 Å². The summed E-state index contributed by atoms with van der Waals surface area (Å²) in [6.07, 6.45) is -6.91. The van der Waals surface area contributed by atoms with Gasteiger partial charge in [-0.15, -0.1) is 0 Å². The number of hydrogen-bond acceptors (Lipinski definition) is 1. The van der Waals surface area contributed by atoms with E-state index in [4.69, 9.17) is 5.11 Å². The highest BCUT2D eigenvalue weighted by Gasteiger charge is 2.71. The molecular weight excluding hydrogens is 221 g/mol. The highest BCUT2D eigenvalue weighted by molar-refractivity contribution is 5.05. The lowest BCUT2D eigenvalue weighted by Crippen LogP contribution is -2.50. The van der Waals surface area contributed by atoms with Crippen LogP contribution in [0.15, 0.2) is 12.2 Å². The van der Waals surface area contributed by atoms with Crippen LogP contribution in [0.4, 0.5) is 30.7 Å². The monoisotopic (exact) mass is 226 g/mol. The summed E-state index contributed by atoms with van der Waals surface area (Å²) in [6.45, 7) is -1.05. The molecule has 0 aromatic rings. The van der Waals surface area contributed by atoms with Gasteiger partial charge in [0, 0.05) is 0 Å². The minimum Gasteiger partial charge on any atom is -0.392 e. The number of aliphatic hydroxyl groups is 1. The minimum absolute atomic E-state index is 0.111. The van der Waals surface area contributed by atoms with E-state index in [2.05, 4.69) is 0 Å². The van der Waals surface area contributed by atoms with E-state index in [1.54, 1.807) is 0 Å². The summed E-state index contributed by atoms with van der Waals surface area (Å²) in [7, 11) is 0. The van der Waals surface area contributed by atoms with Crippen molar-refractivity contribution in [3.63, 3.8) is 0 Å². The number of rotatable bonds is 3. The van der Waals surface area contributed by atoms with Gasteiger partial charge in [0.25, 0.3) is 0 Å². The molecule has 84 valence electrons. The number of allylic oxidation sites excluding steroid dienone is 1. The first-order chi connectivity index (χ1) is 6.06. The van der Waals surface area contributed by atoms with E-state index >= 15 is 0 Å². The maximum absolute atomic E-state index is 12.2. The summed E-state index contributed by atoms with van der Waals surface area (Å²) in [4.78, 5) is 0. The number of aliphatic hydroxyl groups excluding tert-OH is 1. The Morgan fingerprint density at radius 2 is 1.36 bits per heavy atom. The molecule has 1 N–H and O–H groups in total. The fourth-order valence-electron chi connectivity index (χ4n) is 0.494. The van der Waals surface area contributed by atoms with Crippen LogP contribution in [-0.4, -0.2) is 29.7 Å². The molecule has 0 amide bonds. The predicted octanol–water partition coefficient (Wildman–Crippen LogP) is 2.37. The normalized spacial score (nSPS) is 15.1. The predicted molar refractivity (Wildman–Crippen MR) is 32.2 cm³/mol. The first-order valence-electron chi connectivity index (χ1n) is 3.17. The Morgan fingerprint density at radius 3 is 1.64 bits per heavy atom. The van der Waals surface area contributed by atoms with E-state index in [1.165, 1.54) is 0 Å². The van der Waals surface area contributed by atoms with Crippen LogP contribution in [0.25, 0.3) is 0 Å². The van der Waals surface area contributed by atoms with E-state index in [0.717, 1.165) is 0 Å². The zero-order chi connectivity index (χ0) is 11.6. The summed E-state index contributed by atoms with van der Waals surface area (Å²) in [6, 6.07) is 0. The molecule has 0 bridgehead atoms. The van der Waals surface area contributed by atoms with Crippen LogP contribution < -0.4 is 0 Å². The summed E-state index contributed by atoms with van der Waals surface area (Å²) >= 11 is 0. The molecule has 8 heteroatoms. The van der Waals surface area contributed by atoms with Crippen LogP contribution in [0.1, 0.15) is 0 Å². The van der Waals surface area contributed by atoms with Gasteiger partial charge < -0.3 is 5.11 Å². The van der Waals surface area contributed by atoms with Crippen molar-refractivity contribution in [3.8, 4) is 0 Å². The molecule has 0 radical (unpaired) electrons. The standard InChI is InChI=1S/C6H5F7O/c7-4(8,2-1-3-14)5(9,10)6(11,12)13/h1-2,14H,3H2/b2-1-. The lowest BCUT2D eigenvalue weighted by molar-refractivity contribution is -0.341. The van der Waals surface area contributed by atoms with Gasteiger partial charge in [-0.3, -0.25) is 0 Å². The molecule has 0 rings (SSSR count). The van der Waals surface area contributed by atoms with Crippen molar-refractivity contribution in [2.24, 2.45) is 0 Å². The van der Waals surface area contributed by atoms with Crippen molar-refractivity contribution in [2.45, 2.75) is 18.0 Å². The Morgan fingerprint density at radius 1 is 0.929 bits per heavy atom. The summed E-state index contributed by atoms with van der Waals surface area (Å²) in [5.74, 6) is -11.5. The molecule has 0 aliphatic heterocycles. The zero-order valence-corrected chi connectivity index (χ0v) is 6.45. The van der Waals surface area contributed by atoms with Crippen molar-refractivity contribution in [1.29, 1.82) is 0 Å². The molecule has 0 aliphatic carbocycles. The van der Waals surface area contributed by atoms with Crippen LogP contribution in [-0.2, 0) is 0 Å². The van der Waals surface area contributed by atoms with Crippen LogP contribution in [0.3, 0.4) is 0 Å². The highest BCUT2D eigenvalue weighted by atomic mass is 19.4. The molecule has 0 saturated carbocycles. The second-order valence-corrected chi connectivity index (χ2v) is 2.28. The third kappa shape index (κ3) is 2.37. The molecule has 0 spiro atoms. The van der Waals surface area contributed by atoms with Gasteiger partial charge in [0.15, 0.2) is 0 Å². The highest BCUT2D eigenvalue weighted by Crippen LogP contribution is 2.46. The number of hydrogen-bond donors (Lipinski definition) is 1. The second-order valence-electron chi connectivity index (χ2n) is 2.28. The molecule has 14 heavy (non-hydrogen) atoms. The number of alkyl halides is 7. The van der Waals surface area contributed by atoms with Gasteiger partial charge >= 0.3 is 18.0 Å². The zero-order valence-electron chi connectivity index (χ0n) is 6.45. The van der Waals surface area contributed by atoms with Gasteiger partial charge in [-0.25, -0.2) is 0 Å². The average Bonchev–Trinajstić information content (AvgIpc) is 1.98. The molecular formula is C6H5F7O. The third-order valence-electron chi connectivity index (χ3n) is 1.21. The van der Waals surface area contributed by atoms with E-state index < -0.39 is 30.7 Å². The molecule has 0 fully saturated rings. The lowest BCUT2D eigenvalue weighted by Gasteiger charge is -2.25. The van der Waals surface area contributed by atoms with Crippen molar-refractivity contribution >= 4 is 0 Å². The van der Waals surface area contributed by atoms with E-state index in [0.29, 0.717) is 0 Å². The molecule has 0 heterocycles. The van der Waals surface area contributed by atoms with E-state index in [-0.39, 0.29) is 6.08 Å². The molecule has 0 aromatic heterocycles. The summed E-state index contributed by atoms with van der Waals surface area (Å²) in [5.41, 5.74) is 0. The maximum Gasteiger partial charge on any atom is 0.460 e. The Kier molecular flexibility index (Phi) is 3.54. The molecule has 0 aromatic carbocycles. The minimum atomic E-state index is -6.34. The Labute approximate surface area is 73.8 Å². The Hall–Kier alpha value is -0.790. The summed E-state index contributed by atoms with van der Waals surface area (Å²) in [5, 5.41) is 7.95. The van der Waals surface area contributed by atoms with Gasteiger partial charge in [0.2, 0.25) is 0 Å². The maximum atomic E-state index is 12.2. The van der Waals surface area contributed by atoms with Crippen molar-refractivity contribution in [2.75, 3.05) is 6.61 Å². The van der Waals surface area contributed by atoms with Gasteiger partial charge in [0.05, 0.1) is 6.61 Å². The summed E-state index contributed by atoms with van der Waals surface area (Å²) < 4.78 is 82.8. The van der Waals surface area contributed by atoms with Gasteiger partial charge in [0.1, 0.15) is 0 Å². The van der Waals surface area contributed by atoms with Crippen LogP contribution in [0.5, 0.6) is 0 Å². The van der Waals surface area contributed by atoms with Crippen molar-refractivity contribution in [3.05, 3.63) is 12.2 Å². The fraction of sp³-hybridized carbons (Fsp3) is 0.667. The Balaban J connectivity index is 4.97. The second kappa shape index (κ2) is 3.76. The lowest BCUT2D eigenvalue weighted by atomic mass is 10.1. The van der Waals surface area contributed by atoms with Crippen molar-refractivity contribution < 1.29 is 35.8 Å². The van der Waals surface area contributed by atoms with E-state index in [1.807, 2.05) is 0 Å². The molecule has 0 atom stereocenters.